The molecule has 1 fully saturated rings. The summed E-state index contributed by atoms with van der Waals surface area (Å²) < 4.78 is 54.3. The second kappa shape index (κ2) is 10.8. The highest BCUT2D eigenvalue weighted by molar-refractivity contribution is 5.86. The summed E-state index contributed by atoms with van der Waals surface area (Å²) in [4.78, 5) is 21.5. The second-order valence-electron chi connectivity index (χ2n) is 9.50. The predicted molar refractivity (Wildman–Crippen MR) is 144 cm³/mol. The monoisotopic (exact) mass is 547 g/mol. The highest BCUT2D eigenvalue weighted by Crippen LogP contribution is 2.36. The molecule has 0 aliphatic carbocycles. The topological polar surface area (TPSA) is 84.8 Å². The molecule has 6 nitrogen and oxygen atoms in total. The number of halogens is 4. The summed E-state index contributed by atoms with van der Waals surface area (Å²) in [5.74, 6) is -1.05. The Bertz CT molecular complexity index is 1640. The van der Waals surface area contributed by atoms with Crippen molar-refractivity contribution in [2.45, 2.75) is 25.9 Å². The van der Waals surface area contributed by atoms with Gasteiger partial charge in [0.2, 0.25) is 0 Å². The highest BCUT2D eigenvalue weighted by atomic mass is 19.4. The Morgan fingerprint density at radius 1 is 1.07 bits per heavy atom. The van der Waals surface area contributed by atoms with Gasteiger partial charge in [0, 0.05) is 31.3 Å². The van der Waals surface area contributed by atoms with Crippen molar-refractivity contribution < 1.29 is 22.4 Å². The van der Waals surface area contributed by atoms with E-state index in [1.807, 2.05) is 37.3 Å². The van der Waals surface area contributed by atoms with Gasteiger partial charge in [-0.25, -0.2) is 14.2 Å². The zero-order valence-corrected chi connectivity index (χ0v) is 21.6. The van der Waals surface area contributed by atoms with Crippen LogP contribution < -0.4 is 5.32 Å². The summed E-state index contributed by atoms with van der Waals surface area (Å²) in [6.45, 7) is 3.30. The zero-order valence-electron chi connectivity index (χ0n) is 21.6. The van der Waals surface area contributed by atoms with Crippen LogP contribution in [0.3, 0.4) is 0 Å². The minimum absolute atomic E-state index is 0.0755. The summed E-state index contributed by atoms with van der Waals surface area (Å²) in [6, 6.07) is 18.3. The van der Waals surface area contributed by atoms with Crippen molar-refractivity contribution in [1.82, 2.24) is 20.2 Å². The summed E-state index contributed by atoms with van der Waals surface area (Å²) in [5.41, 5.74) is 3.56. The number of nitrogens with zero attached hydrogens (tertiary/aromatic N) is 3. The number of H-pyrrole nitrogens is 1. The number of alkyl halides is 3. The molecule has 10 heteroatoms. The Morgan fingerprint density at radius 3 is 2.45 bits per heavy atom. The molecule has 1 aliphatic heterocycles. The van der Waals surface area contributed by atoms with E-state index >= 15 is 0 Å². The minimum Gasteiger partial charge on any atom is -0.338 e. The average molecular weight is 548 g/mol. The van der Waals surface area contributed by atoms with E-state index in [0.717, 1.165) is 34.4 Å². The zero-order chi connectivity index (χ0) is 28.4. The van der Waals surface area contributed by atoms with Crippen molar-refractivity contribution in [3.63, 3.8) is 0 Å². The molecule has 2 amide bonds. The molecule has 0 spiro atoms. The maximum atomic E-state index is 14.3. The van der Waals surface area contributed by atoms with Crippen molar-refractivity contribution in [1.29, 1.82) is 5.26 Å². The standard InChI is InChI=1S/C30H25F4N5O/c1-2-36-29(40)39-12-10-21(11-13-39)27(20-8-6-19(7-9-20)22-5-3-4-18(14-22)17-35)28-37-25-15-23(30(32,33)34)24(31)16-26(25)38-28/h3-9,14-16H,2,10-13H2,1H3,(H,36,40)(H,37,38). The first-order valence-corrected chi connectivity index (χ1v) is 12.8. The number of aromatic amines is 1. The largest absolute Gasteiger partial charge is 0.419 e. The smallest absolute Gasteiger partial charge is 0.338 e. The molecule has 40 heavy (non-hydrogen) atoms. The molecule has 4 aromatic rings. The fourth-order valence-electron chi connectivity index (χ4n) is 4.97. The minimum atomic E-state index is -4.84. The molecule has 3 aromatic carbocycles. The summed E-state index contributed by atoms with van der Waals surface area (Å²) in [6.07, 6.45) is -3.76. The molecular weight excluding hydrogens is 522 g/mol. The van der Waals surface area contributed by atoms with Crippen LogP contribution in [-0.4, -0.2) is 40.5 Å². The number of rotatable bonds is 4. The van der Waals surface area contributed by atoms with Gasteiger partial charge in [-0.15, -0.1) is 0 Å². The van der Waals surface area contributed by atoms with Crippen LogP contribution in [0.5, 0.6) is 0 Å². The van der Waals surface area contributed by atoms with Crippen molar-refractivity contribution in [2.24, 2.45) is 0 Å². The van der Waals surface area contributed by atoms with Gasteiger partial charge in [-0.2, -0.15) is 18.4 Å². The van der Waals surface area contributed by atoms with E-state index < -0.39 is 17.6 Å². The lowest BCUT2D eigenvalue weighted by molar-refractivity contribution is -0.139. The maximum Gasteiger partial charge on any atom is 0.419 e. The van der Waals surface area contributed by atoms with Gasteiger partial charge in [-0.3, -0.25) is 0 Å². The third-order valence-corrected chi connectivity index (χ3v) is 6.95. The second-order valence-corrected chi connectivity index (χ2v) is 9.50. The lowest BCUT2D eigenvalue weighted by Crippen LogP contribution is -2.43. The Morgan fingerprint density at radius 2 is 1.80 bits per heavy atom. The van der Waals surface area contributed by atoms with Gasteiger partial charge in [0.15, 0.2) is 0 Å². The van der Waals surface area contributed by atoms with Crippen LogP contribution >= 0.6 is 0 Å². The van der Waals surface area contributed by atoms with E-state index in [0.29, 0.717) is 49.4 Å². The fraction of sp³-hybridized carbons (Fsp3) is 0.233. The number of benzene rings is 3. The Labute approximate surface area is 228 Å². The first-order valence-electron chi connectivity index (χ1n) is 12.8. The van der Waals surface area contributed by atoms with Crippen molar-refractivity contribution in [3.8, 4) is 17.2 Å². The first-order chi connectivity index (χ1) is 19.2. The van der Waals surface area contributed by atoms with Gasteiger partial charge >= 0.3 is 12.2 Å². The van der Waals surface area contributed by atoms with Crippen LogP contribution in [-0.2, 0) is 6.18 Å². The molecule has 2 heterocycles. The number of carbonyl (C=O) groups excluding carboxylic acids is 1. The van der Waals surface area contributed by atoms with Crippen LogP contribution in [0.15, 0.2) is 66.2 Å². The molecule has 0 radical (unpaired) electrons. The third-order valence-electron chi connectivity index (χ3n) is 6.95. The predicted octanol–water partition coefficient (Wildman–Crippen LogP) is 6.89. The fourth-order valence-corrected chi connectivity index (χ4v) is 4.97. The van der Waals surface area contributed by atoms with Crippen LogP contribution in [0.4, 0.5) is 22.4 Å². The third kappa shape index (κ3) is 5.41. The average Bonchev–Trinajstić information content (AvgIpc) is 3.35. The van der Waals surface area contributed by atoms with E-state index in [-0.39, 0.29) is 17.1 Å². The number of hydrogen-bond acceptors (Lipinski definition) is 3. The van der Waals surface area contributed by atoms with Gasteiger partial charge in [-0.05, 0) is 54.7 Å². The molecule has 2 N–H and O–H groups in total. The van der Waals surface area contributed by atoms with Gasteiger partial charge in [0.05, 0.1) is 28.2 Å². The van der Waals surface area contributed by atoms with Crippen LogP contribution in [0.25, 0.3) is 27.7 Å². The van der Waals surface area contributed by atoms with Gasteiger partial charge in [0.1, 0.15) is 11.6 Å². The van der Waals surface area contributed by atoms with Crippen LogP contribution in [0.1, 0.15) is 42.3 Å². The molecule has 1 saturated heterocycles. The SMILES string of the molecule is CCNC(=O)N1CCC(=C(c2ccc(-c3cccc(C#N)c3)cc2)c2nc3cc(F)c(C(F)(F)F)cc3[nH]2)CC1. The number of amides is 2. The first kappa shape index (κ1) is 26.9. The maximum absolute atomic E-state index is 14.3. The number of nitrogens with one attached hydrogen (secondary N) is 2. The van der Waals surface area contributed by atoms with E-state index in [4.69, 9.17) is 0 Å². The van der Waals surface area contributed by atoms with E-state index in [1.54, 1.807) is 23.1 Å². The van der Waals surface area contributed by atoms with Gasteiger partial charge in [0.25, 0.3) is 0 Å². The van der Waals surface area contributed by atoms with E-state index in [1.165, 1.54) is 0 Å². The number of nitriles is 1. The number of aromatic nitrogens is 2. The quantitative estimate of drug-likeness (QED) is 0.273. The number of carbonyl (C=O) groups is 1. The molecular formula is C30H25F4N5O. The lowest BCUT2D eigenvalue weighted by atomic mass is 9.91. The van der Waals surface area contributed by atoms with E-state index in [2.05, 4.69) is 21.4 Å². The molecule has 0 saturated carbocycles. The van der Waals surface area contributed by atoms with Crippen LogP contribution in [0.2, 0.25) is 0 Å². The summed E-state index contributed by atoms with van der Waals surface area (Å²) in [7, 11) is 0. The number of fused-ring (bicyclic) bond motifs is 1. The summed E-state index contributed by atoms with van der Waals surface area (Å²) in [5, 5.41) is 12.0. The molecule has 1 aliphatic rings. The normalized spacial score (nSPS) is 13.8. The van der Waals surface area contributed by atoms with E-state index in [9.17, 15) is 27.6 Å². The van der Waals surface area contributed by atoms with Crippen molar-refractivity contribution in [3.05, 3.63) is 94.6 Å². The van der Waals surface area contributed by atoms with Gasteiger partial charge in [-0.1, -0.05) is 42.0 Å². The Hall–Kier alpha value is -4.65. The van der Waals surface area contributed by atoms with Crippen molar-refractivity contribution >= 4 is 22.6 Å². The molecule has 0 bridgehead atoms. The number of urea groups is 1. The molecule has 0 atom stereocenters. The number of likely N-dealkylation sites (tertiary alicyclic amines) is 1. The number of imidazole rings is 1. The molecule has 1 aromatic heterocycles. The Balaban J connectivity index is 1.57. The Kier molecular flexibility index (Phi) is 7.30. The molecule has 5 rings (SSSR count). The molecule has 204 valence electrons. The number of piperidine rings is 1. The van der Waals surface area contributed by atoms with Crippen molar-refractivity contribution in [2.75, 3.05) is 19.6 Å². The lowest BCUT2D eigenvalue weighted by Gasteiger charge is -2.29. The van der Waals surface area contributed by atoms with Gasteiger partial charge < -0.3 is 15.2 Å². The summed E-state index contributed by atoms with van der Waals surface area (Å²) >= 11 is 0. The number of hydrogen-bond donors (Lipinski definition) is 2. The highest BCUT2D eigenvalue weighted by Gasteiger charge is 2.35. The molecule has 0 unspecified atom stereocenters. The van der Waals surface area contributed by atoms with Crippen LogP contribution in [0, 0.1) is 17.1 Å².